The van der Waals surface area contributed by atoms with Gasteiger partial charge in [0.2, 0.25) is 0 Å². The van der Waals surface area contributed by atoms with Crippen LogP contribution in [0.15, 0.2) is 180 Å². The van der Waals surface area contributed by atoms with Crippen molar-refractivity contribution in [1.29, 1.82) is 0 Å². The van der Waals surface area contributed by atoms with Crippen LogP contribution in [-0.2, 0) is 0 Å². The minimum Gasteiger partial charge on any atom is -0.458 e. The zero-order chi connectivity index (χ0) is 52.3. The van der Waals surface area contributed by atoms with Crippen LogP contribution in [0, 0.1) is 6.92 Å². The van der Waals surface area contributed by atoms with Crippen molar-refractivity contribution in [2.24, 2.45) is 0 Å². The molecule has 0 amide bonds. The number of anilines is 6. The number of para-hydroxylation sites is 4. The number of ether oxygens (including phenoxy) is 4. The molecule has 15 rings (SSSR count). The van der Waals surface area contributed by atoms with Gasteiger partial charge >= 0.3 is 20.4 Å². The van der Waals surface area contributed by atoms with E-state index in [1.807, 2.05) is 84.6 Å². The van der Waals surface area contributed by atoms with E-state index in [0.29, 0.717) is 57.2 Å². The third kappa shape index (κ3) is 6.57. The van der Waals surface area contributed by atoms with E-state index < -0.39 is 67.6 Å². The molecule has 0 atom stereocenters. The van der Waals surface area contributed by atoms with Gasteiger partial charge in [0.15, 0.2) is 0 Å². The molecule has 21 heteroatoms. The Morgan fingerprint density at radius 1 is 0.316 bits per heavy atom. The van der Waals surface area contributed by atoms with Crippen molar-refractivity contribution >= 4 is 124 Å². The molecule has 0 bridgehead atoms. The average Bonchev–Trinajstić information content (AvgIpc) is 3.34. The van der Waals surface area contributed by atoms with E-state index in [9.17, 15) is 0 Å². The topological polar surface area (TPSA) is 43.4 Å². The number of aryl methyl sites for hydroxylation is 1. The molecule has 376 valence electrons. The third-order valence-electron chi connectivity index (χ3n) is 15.1. The Balaban J connectivity index is 1.03. The predicted octanol–water partition coefficient (Wildman–Crippen LogP) is 12.8. The van der Waals surface area contributed by atoms with Gasteiger partial charge in [-0.3, -0.25) is 0 Å². The van der Waals surface area contributed by atoms with Crippen molar-refractivity contribution in [3.8, 4) is 46.0 Å². The highest BCUT2D eigenvalue weighted by atomic mass is 32.5. The monoisotopic (exact) mass is 1070 g/mol. The second-order valence-electron chi connectivity index (χ2n) is 19.8. The zero-order valence-electron chi connectivity index (χ0n) is 39.0. The number of hydrogen-bond acceptors (Lipinski definition) is 6. The molecule has 9 aromatic rings. The van der Waals surface area contributed by atoms with Crippen molar-refractivity contribution in [1.82, 2.24) is 0 Å². The minimum atomic E-state index is -10.5. The summed E-state index contributed by atoms with van der Waals surface area (Å²) in [6, 6.07) is 43.6. The number of halogens is 10. The molecule has 0 radical (unpaired) electrons. The quantitative estimate of drug-likeness (QED) is 0.129. The summed E-state index contributed by atoms with van der Waals surface area (Å²) in [4.78, 5) is -1.13. The molecule has 6 aliphatic rings. The largest absolute Gasteiger partial charge is 0.458 e. The van der Waals surface area contributed by atoms with E-state index >= 15 is 38.9 Å². The number of nitrogens with zero attached hydrogens (tertiary/aromatic N) is 2. The molecule has 0 aromatic heterocycles. The Hall–Kier alpha value is -8.03. The third-order valence-corrected chi connectivity index (χ3v) is 17.3. The zero-order valence-corrected chi connectivity index (χ0v) is 40.7. The molecule has 6 heterocycles. The maximum absolute atomic E-state index is 15.2. The van der Waals surface area contributed by atoms with Crippen LogP contribution in [0.1, 0.15) is 5.56 Å². The predicted molar refractivity (Wildman–Crippen MR) is 283 cm³/mol. The second-order valence-corrected chi connectivity index (χ2v) is 24.7. The smallest absolute Gasteiger partial charge is 0.310 e. The second kappa shape index (κ2) is 13.5. The van der Waals surface area contributed by atoms with Crippen LogP contribution >= 0.6 is 20.4 Å². The van der Waals surface area contributed by atoms with Crippen molar-refractivity contribution in [2.75, 3.05) is 9.80 Å². The van der Waals surface area contributed by atoms with Crippen molar-refractivity contribution in [3.05, 3.63) is 175 Å². The highest BCUT2D eigenvalue weighted by Crippen LogP contribution is 3.03. The Labute approximate surface area is 427 Å². The van der Waals surface area contributed by atoms with Gasteiger partial charge in [0.05, 0.1) is 0 Å². The molecule has 6 nitrogen and oxygen atoms in total. The van der Waals surface area contributed by atoms with Crippen LogP contribution < -0.4 is 77.9 Å². The van der Waals surface area contributed by atoms with Gasteiger partial charge < -0.3 is 28.7 Å². The fraction of sp³-hybridized carbons (Fsp3) is 0.0182. The van der Waals surface area contributed by atoms with Crippen molar-refractivity contribution in [3.63, 3.8) is 0 Å². The number of rotatable bonds is 4. The molecular weight excluding hydrogens is 1040 g/mol. The fourth-order valence-corrected chi connectivity index (χ4v) is 13.4. The van der Waals surface area contributed by atoms with Gasteiger partial charge in [0, 0.05) is 69.9 Å². The first-order valence-electron chi connectivity index (χ1n) is 23.8. The molecule has 76 heavy (non-hydrogen) atoms. The van der Waals surface area contributed by atoms with Gasteiger partial charge in [0.1, 0.15) is 55.8 Å². The van der Waals surface area contributed by atoms with E-state index in [0.717, 1.165) is 33.3 Å². The normalized spacial score (nSPS) is 16.5. The lowest BCUT2D eigenvalue weighted by atomic mass is 9.30. The average molecular weight is 1070 g/mol. The SMILES string of the molecule is Cc1cc2c3c(c1)N(c1ccccc1)c1cc4c(cc1B3c1ccccc1O2)B1c2cc3c(cc2Oc2cc(S(F)(F)(F)(F)F)cc(c21)O4)N(c1ccccc1)c1cc(S(F)(F)(F)(F)F)cc2c1B3c1ccccc1O2. The van der Waals surface area contributed by atoms with E-state index in [2.05, 4.69) is 0 Å². The molecule has 0 spiro atoms. The maximum Gasteiger partial charge on any atom is 0.310 e. The Kier molecular flexibility index (Phi) is 8.06. The molecule has 0 saturated carbocycles. The standard InChI is InChI=1S/C55H31B3F10N2O4S2/c1-30-20-43-53-49(21-30)71-45-18-10-8-16-35(45)56(53)37-26-39-47(28-41(37)69(43)31-12-4-2-5-13-31)73-51-24-34(76(64,65,66,67)68)25-52-55(51)58(39)40-27-38-42(29-48(40)74-52)70(32-14-6-3-7-15-32)44-22-33(75(59,60,61,62)63)23-50-54(44)57(38)36-17-9-11-19-46(36)72-50/h2-29H,1H3. The molecule has 0 unspecified atom stereocenters. The molecule has 0 fully saturated rings. The summed E-state index contributed by atoms with van der Waals surface area (Å²) in [5.74, 6) is -0.338. The minimum absolute atomic E-state index is 0.0232. The first kappa shape index (κ1) is 45.4. The number of benzene rings is 9. The van der Waals surface area contributed by atoms with Crippen LogP contribution in [0.4, 0.5) is 73.0 Å². The molecule has 6 aliphatic heterocycles. The Bertz CT molecular complexity index is 4170. The highest BCUT2D eigenvalue weighted by molar-refractivity contribution is 8.46. The summed E-state index contributed by atoms with van der Waals surface area (Å²) in [5, 5.41) is 0. The molecular formula is C55H31B3F10N2O4S2. The summed E-state index contributed by atoms with van der Waals surface area (Å²) < 4.78 is 177. The van der Waals surface area contributed by atoms with Crippen LogP contribution in [-0.4, -0.2) is 20.1 Å². The van der Waals surface area contributed by atoms with E-state index in [4.69, 9.17) is 18.9 Å². The van der Waals surface area contributed by atoms with Gasteiger partial charge in [-0.05, 0) is 111 Å². The van der Waals surface area contributed by atoms with Crippen LogP contribution in [0.2, 0.25) is 0 Å². The lowest BCUT2D eigenvalue weighted by Gasteiger charge is -2.45. The first-order chi connectivity index (χ1) is 35.8. The van der Waals surface area contributed by atoms with Crippen LogP contribution in [0.25, 0.3) is 0 Å². The summed E-state index contributed by atoms with van der Waals surface area (Å²) in [6.07, 6.45) is 0. The lowest BCUT2D eigenvalue weighted by Crippen LogP contribution is -2.64. The van der Waals surface area contributed by atoms with Crippen LogP contribution in [0.5, 0.6) is 46.0 Å². The summed E-state index contributed by atoms with van der Waals surface area (Å²) >= 11 is 0. The first-order valence-corrected chi connectivity index (χ1v) is 27.7. The molecule has 9 aromatic carbocycles. The van der Waals surface area contributed by atoms with Gasteiger partial charge in [-0.2, -0.15) is 0 Å². The van der Waals surface area contributed by atoms with Crippen molar-refractivity contribution < 1.29 is 57.8 Å². The van der Waals surface area contributed by atoms with E-state index in [-0.39, 0.29) is 51.3 Å². The number of hydrogen-bond donors (Lipinski definition) is 0. The Morgan fingerprint density at radius 2 is 0.684 bits per heavy atom. The summed E-state index contributed by atoms with van der Waals surface area (Å²) in [6.45, 7) is -0.595. The Morgan fingerprint density at radius 3 is 1.14 bits per heavy atom. The lowest BCUT2D eigenvalue weighted by molar-refractivity contribution is 0.359. The van der Waals surface area contributed by atoms with Crippen LogP contribution in [0.3, 0.4) is 0 Å². The van der Waals surface area contributed by atoms with E-state index in [1.165, 1.54) is 17.0 Å². The van der Waals surface area contributed by atoms with Gasteiger partial charge in [-0.25, -0.2) is 0 Å². The maximum atomic E-state index is 15.2. The summed E-state index contributed by atoms with van der Waals surface area (Å²) in [5.41, 5.74) is 7.31. The van der Waals surface area contributed by atoms with Gasteiger partial charge in [-0.15, -0.1) is 0 Å². The van der Waals surface area contributed by atoms with E-state index in [1.54, 1.807) is 60.7 Å². The molecule has 0 saturated heterocycles. The molecule has 0 N–H and O–H groups in total. The molecule has 0 aliphatic carbocycles. The fourth-order valence-electron chi connectivity index (χ4n) is 12.1. The van der Waals surface area contributed by atoms with Gasteiger partial charge in [-0.1, -0.05) is 124 Å². The van der Waals surface area contributed by atoms with Gasteiger partial charge in [0.25, 0.3) is 20.1 Å². The summed E-state index contributed by atoms with van der Waals surface area (Å²) in [7, 11) is -20.9. The highest BCUT2D eigenvalue weighted by Gasteiger charge is 2.67. The van der Waals surface area contributed by atoms with Crippen molar-refractivity contribution in [2.45, 2.75) is 16.7 Å². The number of fused-ring (bicyclic) bond motifs is 12.